The molecule has 1 N–H and O–H groups in total. The SMILES string of the molecule is CCCNC(CC)c1ccc(OCC2CCOC2)cc1. The third kappa shape index (κ3) is 4.50. The topological polar surface area (TPSA) is 30.5 Å². The number of ether oxygens (including phenoxy) is 2. The molecular weight excluding hydrogens is 250 g/mol. The second-order valence-corrected chi connectivity index (χ2v) is 5.52. The van der Waals surface area contributed by atoms with Crippen LogP contribution in [-0.2, 0) is 4.74 Å². The Bertz CT molecular complexity index is 371. The van der Waals surface area contributed by atoms with E-state index in [-0.39, 0.29) is 0 Å². The van der Waals surface area contributed by atoms with Gasteiger partial charge in [-0.1, -0.05) is 26.0 Å². The Kier molecular flexibility index (Phi) is 6.34. The molecule has 0 aromatic heterocycles. The van der Waals surface area contributed by atoms with Crippen molar-refractivity contribution >= 4 is 0 Å². The Morgan fingerprint density at radius 3 is 2.70 bits per heavy atom. The smallest absolute Gasteiger partial charge is 0.119 e. The minimum absolute atomic E-state index is 0.451. The Morgan fingerprint density at radius 2 is 2.10 bits per heavy atom. The van der Waals surface area contributed by atoms with Gasteiger partial charge in [0.05, 0.1) is 13.2 Å². The van der Waals surface area contributed by atoms with E-state index in [1.165, 1.54) is 12.0 Å². The fourth-order valence-corrected chi connectivity index (χ4v) is 2.54. The zero-order valence-electron chi connectivity index (χ0n) is 12.7. The number of nitrogens with one attached hydrogen (secondary N) is 1. The van der Waals surface area contributed by atoms with E-state index in [0.717, 1.165) is 45.0 Å². The summed E-state index contributed by atoms with van der Waals surface area (Å²) in [5.74, 6) is 1.52. The predicted octanol–water partition coefficient (Wildman–Crippen LogP) is 3.55. The van der Waals surface area contributed by atoms with Crippen LogP contribution >= 0.6 is 0 Å². The van der Waals surface area contributed by atoms with Gasteiger partial charge in [0, 0.05) is 18.6 Å². The average molecular weight is 277 g/mol. The molecule has 20 heavy (non-hydrogen) atoms. The van der Waals surface area contributed by atoms with Crippen molar-refractivity contribution in [3.8, 4) is 5.75 Å². The maximum atomic E-state index is 5.84. The van der Waals surface area contributed by atoms with Crippen LogP contribution in [0, 0.1) is 5.92 Å². The van der Waals surface area contributed by atoms with Gasteiger partial charge in [0.2, 0.25) is 0 Å². The molecule has 1 heterocycles. The first-order valence-corrected chi connectivity index (χ1v) is 7.87. The highest BCUT2D eigenvalue weighted by molar-refractivity contribution is 5.29. The van der Waals surface area contributed by atoms with Crippen LogP contribution in [0.25, 0.3) is 0 Å². The first-order valence-electron chi connectivity index (χ1n) is 7.87. The van der Waals surface area contributed by atoms with Crippen molar-refractivity contribution in [2.75, 3.05) is 26.4 Å². The number of hydrogen-bond donors (Lipinski definition) is 1. The van der Waals surface area contributed by atoms with Crippen molar-refractivity contribution in [1.82, 2.24) is 5.32 Å². The molecule has 0 bridgehead atoms. The molecule has 1 aromatic rings. The van der Waals surface area contributed by atoms with Crippen molar-refractivity contribution in [2.24, 2.45) is 5.92 Å². The predicted molar refractivity (Wildman–Crippen MR) is 82.2 cm³/mol. The molecule has 2 rings (SSSR count). The largest absolute Gasteiger partial charge is 0.493 e. The van der Waals surface area contributed by atoms with Crippen LogP contribution in [0.4, 0.5) is 0 Å². The fraction of sp³-hybridized carbons (Fsp3) is 0.647. The van der Waals surface area contributed by atoms with E-state index in [1.54, 1.807) is 0 Å². The Morgan fingerprint density at radius 1 is 1.30 bits per heavy atom. The molecule has 2 atom stereocenters. The van der Waals surface area contributed by atoms with Crippen LogP contribution in [0.2, 0.25) is 0 Å². The molecular formula is C17H27NO2. The zero-order valence-corrected chi connectivity index (χ0v) is 12.7. The summed E-state index contributed by atoms with van der Waals surface area (Å²) in [7, 11) is 0. The van der Waals surface area contributed by atoms with Gasteiger partial charge in [0.25, 0.3) is 0 Å². The van der Waals surface area contributed by atoms with Crippen LogP contribution in [0.5, 0.6) is 5.75 Å². The minimum Gasteiger partial charge on any atom is -0.493 e. The standard InChI is InChI=1S/C17H27NO2/c1-3-10-18-17(4-2)15-5-7-16(8-6-15)20-13-14-9-11-19-12-14/h5-8,14,17-18H,3-4,9-13H2,1-2H3. The van der Waals surface area contributed by atoms with Gasteiger partial charge < -0.3 is 14.8 Å². The molecule has 1 fully saturated rings. The van der Waals surface area contributed by atoms with Gasteiger partial charge in [-0.2, -0.15) is 0 Å². The lowest BCUT2D eigenvalue weighted by Crippen LogP contribution is -2.21. The van der Waals surface area contributed by atoms with Crippen molar-refractivity contribution in [3.63, 3.8) is 0 Å². The highest BCUT2D eigenvalue weighted by Gasteiger charge is 2.16. The van der Waals surface area contributed by atoms with Crippen molar-refractivity contribution in [2.45, 2.75) is 39.2 Å². The highest BCUT2D eigenvalue weighted by atomic mass is 16.5. The summed E-state index contributed by atoms with van der Waals surface area (Å²) in [6.45, 7) is 7.98. The second-order valence-electron chi connectivity index (χ2n) is 5.52. The first-order chi connectivity index (χ1) is 9.83. The van der Waals surface area contributed by atoms with Gasteiger partial charge >= 0.3 is 0 Å². The summed E-state index contributed by atoms with van der Waals surface area (Å²) in [5.41, 5.74) is 1.34. The van der Waals surface area contributed by atoms with Crippen molar-refractivity contribution in [3.05, 3.63) is 29.8 Å². The van der Waals surface area contributed by atoms with Gasteiger partial charge in [-0.15, -0.1) is 0 Å². The van der Waals surface area contributed by atoms with E-state index in [9.17, 15) is 0 Å². The van der Waals surface area contributed by atoms with E-state index < -0.39 is 0 Å². The Hall–Kier alpha value is -1.06. The summed E-state index contributed by atoms with van der Waals surface area (Å²) in [6.07, 6.45) is 3.40. The van der Waals surface area contributed by atoms with Crippen LogP contribution in [0.1, 0.15) is 44.7 Å². The van der Waals surface area contributed by atoms with Gasteiger partial charge in [-0.05, 0) is 43.5 Å². The first kappa shape index (κ1) is 15.3. The molecule has 0 radical (unpaired) electrons. The number of rotatable bonds is 8. The Balaban J connectivity index is 1.84. The minimum atomic E-state index is 0.451. The second kappa shape index (κ2) is 8.28. The number of benzene rings is 1. The lowest BCUT2D eigenvalue weighted by molar-refractivity contribution is 0.167. The molecule has 0 aliphatic carbocycles. The molecule has 0 saturated carbocycles. The molecule has 1 aliphatic rings. The van der Waals surface area contributed by atoms with Crippen molar-refractivity contribution < 1.29 is 9.47 Å². The van der Waals surface area contributed by atoms with E-state index in [2.05, 4.69) is 43.4 Å². The summed E-state index contributed by atoms with van der Waals surface area (Å²) in [5, 5.41) is 3.57. The van der Waals surface area contributed by atoms with Crippen LogP contribution in [0.15, 0.2) is 24.3 Å². The molecule has 3 heteroatoms. The Labute approximate surface area is 122 Å². The summed E-state index contributed by atoms with van der Waals surface area (Å²) >= 11 is 0. The van der Waals surface area contributed by atoms with Crippen LogP contribution in [-0.4, -0.2) is 26.4 Å². The molecule has 1 aliphatic heterocycles. The third-order valence-corrected chi connectivity index (χ3v) is 3.84. The van der Waals surface area contributed by atoms with E-state index in [0.29, 0.717) is 12.0 Å². The molecule has 1 aromatic carbocycles. The number of hydrogen-bond acceptors (Lipinski definition) is 3. The highest BCUT2D eigenvalue weighted by Crippen LogP contribution is 2.21. The van der Waals surface area contributed by atoms with Gasteiger partial charge in [-0.3, -0.25) is 0 Å². The lowest BCUT2D eigenvalue weighted by Gasteiger charge is -2.17. The zero-order chi connectivity index (χ0) is 14.2. The summed E-state index contributed by atoms with van der Waals surface area (Å²) in [6, 6.07) is 8.98. The van der Waals surface area contributed by atoms with Crippen LogP contribution < -0.4 is 10.1 Å². The normalized spacial score (nSPS) is 20.0. The van der Waals surface area contributed by atoms with E-state index in [4.69, 9.17) is 9.47 Å². The van der Waals surface area contributed by atoms with Gasteiger partial charge in [0.15, 0.2) is 0 Å². The average Bonchev–Trinajstić information content (AvgIpc) is 3.00. The summed E-state index contributed by atoms with van der Waals surface area (Å²) < 4.78 is 11.2. The monoisotopic (exact) mass is 277 g/mol. The van der Waals surface area contributed by atoms with E-state index >= 15 is 0 Å². The summed E-state index contributed by atoms with van der Waals surface area (Å²) in [4.78, 5) is 0. The molecule has 3 nitrogen and oxygen atoms in total. The lowest BCUT2D eigenvalue weighted by atomic mass is 10.0. The third-order valence-electron chi connectivity index (χ3n) is 3.84. The van der Waals surface area contributed by atoms with E-state index in [1.807, 2.05) is 0 Å². The molecule has 2 unspecified atom stereocenters. The fourth-order valence-electron chi connectivity index (χ4n) is 2.54. The molecule has 112 valence electrons. The molecule has 1 saturated heterocycles. The van der Waals surface area contributed by atoms with Crippen LogP contribution in [0.3, 0.4) is 0 Å². The molecule has 0 spiro atoms. The quantitative estimate of drug-likeness (QED) is 0.788. The van der Waals surface area contributed by atoms with Gasteiger partial charge in [0.1, 0.15) is 5.75 Å². The molecule has 0 amide bonds. The maximum absolute atomic E-state index is 5.84. The maximum Gasteiger partial charge on any atom is 0.119 e. The van der Waals surface area contributed by atoms with Gasteiger partial charge in [-0.25, -0.2) is 0 Å². The van der Waals surface area contributed by atoms with Crippen molar-refractivity contribution in [1.29, 1.82) is 0 Å².